The summed E-state index contributed by atoms with van der Waals surface area (Å²) in [7, 11) is 0. The Morgan fingerprint density at radius 1 is 1.39 bits per heavy atom. The number of nitrogens with two attached hydrogens (primary N) is 1. The standard InChI is InChI=1S/C15H22FNO/c1-11-4-2-6-13(10-11)18-15-12(8-9-17)5-3-7-14(15)16/h3,5,7,11,13H,2,4,6,8-10,17H2,1H3. The van der Waals surface area contributed by atoms with Crippen LogP contribution in [0.15, 0.2) is 18.2 Å². The third-order valence-electron chi connectivity index (χ3n) is 3.64. The average Bonchev–Trinajstić information content (AvgIpc) is 2.34. The van der Waals surface area contributed by atoms with Gasteiger partial charge >= 0.3 is 0 Å². The number of hydrogen-bond donors (Lipinski definition) is 1. The van der Waals surface area contributed by atoms with Gasteiger partial charge in [0.2, 0.25) is 0 Å². The monoisotopic (exact) mass is 251 g/mol. The summed E-state index contributed by atoms with van der Waals surface area (Å²) in [5.74, 6) is 0.828. The van der Waals surface area contributed by atoms with Gasteiger partial charge in [0, 0.05) is 0 Å². The third-order valence-corrected chi connectivity index (χ3v) is 3.64. The highest BCUT2D eigenvalue weighted by molar-refractivity contribution is 5.35. The van der Waals surface area contributed by atoms with E-state index in [1.807, 2.05) is 6.07 Å². The summed E-state index contributed by atoms with van der Waals surface area (Å²) in [5.41, 5.74) is 6.44. The van der Waals surface area contributed by atoms with E-state index < -0.39 is 0 Å². The van der Waals surface area contributed by atoms with E-state index in [1.54, 1.807) is 6.07 Å². The lowest BCUT2D eigenvalue weighted by atomic mass is 9.88. The fourth-order valence-corrected chi connectivity index (χ4v) is 2.69. The molecule has 1 aliphatic rings. The van der Waals surface area contributed by atoms with E-state index in [4.69, 9.17) is 10.5 Å². The van der Waals surface area contributed by atoms with Gasteiger partial charge in [-0.2, -0.15) is 0 Å². The first-order valence-corrected chi connectivity index (χ1v) is 6.84. The number of ether oxygens (including phenoxy) is 1. The highest BCUT2D eigenvalue weighted by Gasteiger charge is 2.22. The van der Waals surface area contributed by atoms with Crippen LogP contribution in [0.5, 0.6) is 5.75 Å². The molecule has 2 N–H and O–H groups in total. The van der Waals surface area contributed by atoms with Gasteiger partial charge in [0.15, 0.2) is 11.6 Å². The van der Waals surface area contributed by atoms with E-state index in [0.717, 1.165) is 18.4 Å². The molecule has 0 amide bonds. The molecule has 18 heavy (non-hydrogen) atoms. The van der Waals surface area contributed by atoms with Gasteiger partial charge in [-0.15, -0.1) is 0 Å². The van der Waals surface area contributed by atoms with Crippen LogP contribution >= 0.6 is 0 Å². The summed E-state index contributed by atoms with van der Waals surface area (Å²) >= 11 is 0. The zero-order valence-corrected chi connectivity index (χ0v) is 11.0. The Hall–Kier alpha value is -1.09. The van der Waals surface area contributed by atoms with Crippen LogP contribution in [-0.2, 0) is 6.42 Å². The number of hydrogen-bond acceptors (Lipinski definition) is 2. The van der Waals surface area contributed by atoms with Crippen LogP contribution in [0.2, 0.25) is 0 Å². The van der Waals surface area contributed by atoms with Crippen LogP contribution in [0.1, 0.15) is 38.2 Å². The smallest absolute Gasteiger partial charge is 0.165 e. The molecule has 2 atom stereocenters. The van der Waals surface area contributed by atoms with Crippen molar-refractivity contribution in [3.05, 3.63) is 29.6 Å². The van der Waals surface area contributed by atoms with Crippen molar-refractivity contribution in [1.82, 2.24) is 0 Å². The second kappa shape index (κ2) is 6.19. The largest absolute Gasteiger partial charge is 0.487 e. The van der Waals surface area contributed by atoms with Crippen LogP contribution in [0.4, 0.5) is 4.39 Å². The fraction of sp³-hybridized carbons (Fsp3) is 0.600. The second-order valence-corrected chi connectivity index (χ2v) is 5.28. The minimum absolute atomic E-state index is 0.155. The molecule has 1 aliphatic carbocycles. The molecule has 2 unspecified atom stereocenters. The SMILES string of the molecule is CC1CCCC(Oc2c(F)cccc2CCN)C1. The van der Waals surface area contributed by atoms with Crippen molar-refractivity contribution >= 4 is 0 Å². The molecule has 2 rings (SSSR count). The molecule has 1 aromatic carbocycles. The van der Waals surface area contributed by atoms with Crippen molar-refractivity contribution in [2.75, 3.05) is 6.54 Å². The van der Waals surface area contributed by atoms with Gasteiger partial charge in [0.1, 0.15) is 0 Å². The van der Waals surface area contributed by atoms with Crippen LogP contribution in [0.3, 0.4) is 0 Å². The van der Waals surface area contributed by atoms with Crippen molar-refractivity contribution in [2.24, 2.45) is 11.7 Å². The Morgan fingerprint density at radius 3 is 2.94 bits per heavy atom. The van der Waals surface area contributed by atoms with Crippen LogP contribution in [-0.4, -0.2) is 12.6 Å². The highest BCUT2D eigenvalue weighted by atomic mass is 19.1. The van der Waals surface area contributed by atoms with Crippen molar-refractivity contribution < 1.29 is 9.13 Å². The summed E-state index contributed by atoms with van der Waals surface area (Å²) in [4.78, 5) is 0. The molecule has 2 nitrogen and oxygen atoms in total. The van der Waals surface area contributed by atoms with Gasteiger partial charge in [-0.25, -0.2) is 4.39 Å². The van der Waals surface area contributed by atoms with Gasteiger partial charge in [-0.3, -0.25) is 0 Å². The maximum absolute atomic E-state index is 13.9. The Kier molecular flexibility index (Phi) is 4.59. The molecule has 0 bridgehead atoms. The van der Waals surface area contributed by atoms with Gasteiger partial charge in [0.25, 0.3) is 0 Å². The predicted octanol–water partition coefficient (Wildman–Crippen LogP) is 3.28. The Morgan fingerprint density at radius 2 is 2.22 bits per heavy atom. The molecular weight excluding hydrogens is 229 g/mol. The van der Waals surface area contributed by atoms with Gasteiger partial charge < -0.3 is 10.5 Å². The molecule has 1 aromatic rings. The lowest BCUT2D eigenvalue weighted by Gasteiger charge is -2.28. The molecule has 0 spiro atoms. The van der Waals surface area contributed by atoms with Gasteiger partial charge in [0.05, 0.1) is 6.10 Å². The summed E-state index contributed by atoms with van der Waals surface area (Å²) in [6.07, 6.45) is 5.30. The molecular formula is C15H22FNO. The maximum Gasteiger partial charge on any atom is 0.165 e. The highest BCUT2D eigenvalue weighted by Crippen LogP contribution is 2.30. The molecule has 1 saturated carbocycles. The molecule has 3 heteroatoms. The first-order chi connectivity index (χ1) is 8.70. The van der Waals surface area contributed by atoms with E-state index in [1.165, 1.54) is 18.9 Å². The minimum Gasteiger partial charge on any atom is -0.487 e. The van der Waals surface area contributed by atoms with Gasteiger partial charge in [-0.1, -0.05) is 25.5 Å². The maximum atomic E-state index is 13.9. The van der Waals surface area contributed by atoms with E-state index in [9.17, 15) is 4.39 Å². The van der Waals surface area contributed by atoms with E-state index in [0.29, 0.717) is 24.6 Å². The van der Waals surface area contributed by atoms with E-state index >= 15 is 0 Å². The normalized spacial score (nSPS) is 23.9. The van der Waals surface area contributed by atoms with Crippen molar-refractivity contribution in [2.45, 2.75) is 45.1 Å². The first kappa shape index (κ1) is 13.3. The fourth-order valence-electron chi connectivity index (χ4n) is 2.69. The van der Waals surface area contributed by atoms with Crippen molar-refractivity contribution in [3.8, 4) is 5.75 Å². The number of halogens is 1. The summed E-state index contributed by atoms with van der Waals surface area (Å²) in [6, 6.07) is 5.08. The van der Waals surface area contributed by atoms with E-state index in [-0.39, 0.29) is 11.9 Å². The van der Waals surface area contributed by atoms with Crippen LogP contribution in [0.25, 0.3) is 0 Å². The minimum atomic E-state index is -0.265. The van der Waals surface area contributed by atoms with Crippen LogP contribution < -0.4 is 10.5 Å². The van der Waals surface area contributed by atoms with E-state index in [2.05, 4.69) is 6.92 Å². The molecule has 0 aromatic heterocycles. The molecule has 0 heterocycles. The first-order valence-electron chi connectivity index (χ1n) is 6.84. The Balaban J connectivity index is 2.11. The average molecular weight is 251 g/mol. The second-order valence-electron chi connectivity index (χ2n) is 5.28. The lowest BCUT2D eigenvalue weighted by Crippen LogP contribution is -2.25. The number of benzene rings is 1. The quantitative estimate of drug-likeness (QED) is 0.891. The predicted molar refractivity (Wildman–Crippen MR) is 71.2 cm³/mol. The molecule has 0 aliphatic heterocycles. The zero-order chi connectivity index (χ0) is 13.0. The zero-order valence-electron chi connectivity index (χ0n) is 11.0. The topological polar surface area (TPSA) is 35.2 Å². The van der Waals surface area contributed by atoms with Gasteiger partial charge in [-0.05, 0) is 49.8 Å². The van der Waals surface area contributed by atoms with Crippen molar-refractivity contribution in [1.29, 1.82) is 0 Å². The third kappa shape index (κ3) is 3.22. The molecule has 0 saturated heterocycles. The molecule has 1 fully saturated rings. The Labute approximate surface area is 108 Å². The lowest BCUT2D eigenvalue weighted by molar-refractivity contribution is 0.123. The van der Waals surface area contributed by atoms with Crippen molar-refractivity contribution in [3.63, 3.8) is 0 Å². The summed E-state index contributed by atoms with van der Waals surface area (Å²) < 4.78 is 19.8. The summed E-state index contributed by atoms with van der Waals surface area (Å²) in [5, 5.41) is 0. The number of para-hydroxylation sites is 1. The van der Waals surface area contributed by atoms with Crippen LogP contribution in [0, 0.1) is 11.7 Å². The Bertz CT molecular complexity index is 394. The summed E-state index contributed by atoms with van der Waals surface area (Å²) in [6.45, 7) is 2.75. The number of rotatable bonds is 4. The molecule has 0 radical (unpaired) electrons. The molecule has 100 valence electrons.